The lowest BCUT2D eigenvalue weighted by atomic mass is 10.1. The molecule has 0 radical (unpaired) electrons. The Labute approximate surface area is 141 Å². The van der Waals surface area contributed by atoms with Crippen molar-refractivity contribution >= 4 is 17.2 Å². The predicted molar refractivity (Wildman–Crippen MR) is 88.7 cm³/mol. The van der Waals surface area contributed by atoms with Gasteiger partial charge < -0.3 is 5.32 Å². The molecule has 4 heterocycles. The molecule has 7 nitrogen and oxygen atoms in total. The molecule has 4 aromatic rings. The Kier molecular flexibility index (Phi) is 3.38. The molecule has 0 aromatic carbocycles. The van der Waals surface area contributed by atoms with Crippen molar-refractivity contribution in [3.05, 3.63) is 43.2 Å². The predicted octanol–water partition coefficient (Wildman–Crippen LogP) is 2.89. The van der Waals surface area contributed by atoms with E-state index in [9.17, 15) is 8.78 Å². The van der Waals surface area contributed by atoms with Crippen LogP contribution >= 0.6 is 0 Å². The molecule has 0 saturated carbocycles. The molecule has 0 spiro atoms. The first-order valence-corrected chi connectivity index (χ1v) is 7.69. The van der Waals surface area contributed by atoms with Crippen molar-refractivity contribution in [3.8, 4) is 11.1 Å². The molecule has 1 N–H and O–H groups in total. The summed E-state index contributed by atoms with van der Waals surface area (Å²) in [6.07, 6.45) is 10.5. The molecule has 0 amide bonds. The van der Waals surface area contributed by atoms with Gasteiger partial charge in [-0.2, -0.15) is 0 Å². The second kappa shape index (κ2) is 5.47. The maximum atomic E-state index is 13.3. The van der Waals surface area contributed by atoms with Crippen molar-refractivity contribution < 1.29 is 8.78 Å². The van der Waals surface area contributed by atoms with Crippen molar-refractivity contribution in [1.82, 2.24) is 29.0 Å². The molecule has 4 aromatic heterocycles. The number of hydrogen-bond donors (Lipinski definition) is 1. The van der Waals surface area contributed by atoms with Crippen LogP contribution in [-0.2, 0) is 0 Å². The van der Waals surface area contributed by atoms with E-state index in [0.717, 1.165) is 23.6 Å². The SMILES string of the molecule is C[C@@H](Nc1ncc2c(-c3cnc4nccn4c3)ccn2n1)C(C)(F)F. The van der Waals surface area contributed by atoms with E-state index in [2.05, 4.69) is 25.4 Å². The molecule has 9 heteroatoms. The van der Waals surface area contributed by atoms with E-state index in [4.69, 9.17) is 0 Å². The molecule has 0 unspecified atom stereocenters. The number of nitrogens with one attached hydrogen (secondary N) is 1. The molecule has 4 rings (SSSR count). The molecule has 0 aliphatic carbocycles. The number of rotatable bonds is 4. The van der Waals surface area contributed by atoms with Gasteiger partial charge in [0, 0.05) is 49.0 Å². The largest absolute Gasteiger partial charge is 0.344 e. The number of fused-ring (bicyclic) bond motifs is 2. The number of anilines is 1. The van der Waals surface area contributed by atoms with Crippen LogP contribution in [0.15, 0.2) is 43.2 Å². The van der Waals surface area contributed by atoms with E-state index in [1.807, 2.05) is 22.9 Å². The summed E-state index contributed by atoms with van der Waals surface area (Å²) in [5, 5.41) is 6.87. The first-order chi connectivity index (χ1) is 11.9. The summed E-state index contributed by atoms with van der Waals surface area (Å²) in [6.45, 7) is 2.25. The average Bonchev–Trinajstić information content (AvgIpc) is 3.19. The van der Waals surface area contributed by atoms with Crippen LogP contribution in [0.5, 0.6) is 0 Å². The molecule has 0 saturated heterocycles. The first-order valence-electron chi connectivity index (χ1n) is 7.69. The van der Waals surface area contributed by atoms with Crippen LogP contribution in [0.25, 0.3) is 22.4 Å². The quantitative estimate of drug-likeness (QED) is 0.617. The third-order valence-electron chi connectivity index (χ3n) is 4.08. The Morgan fingerprint density at radius 3 is 2.80 bits per heavy atom. The summed E-state index contributed by atoms with van der Waals surface area (Å²) in [5.41, 5.74) is 2.53. The van der Waals surface area contributed by atoms with Crippen LogP contribution in [0.3, 0.4) is 0 Å². The Morgan fingerprint density at radius 2 is 2.00 bits per heavy atom. The van der Waals surface area contributed by atoms with Gasteiger partial charge in [-0.05, 0) is 13.0 Å². The highest BCUT2D eigenvalue weighted by molar-refractivity contribution is 5.79. The van der Waals surface area contributed by atoms with Crippen molar-refractivity contribution in [2.75, 3.05) is 5.32 Å². The van der Waals surface area contributed by atoms with Gasteiger partial charge in [-0.15, -0.1) is 5.10 Å². The molecule has 1 atom stereocenters. The molecule has 0 aliphatic rings. The monoisotopic (exact) mass is 343 g/mol. The minimum absolute atomic E-state index is 0.145. The highest BCUT2D eigenvalue weighted by atomic mass is 19.3. The number of imidazole rings is 1. The summed E-state index contributed by atoms with van der Waals surface area (Å²) in [5.74, 6) is -2.11. The number of nitrogens with zero attached hydrogens (tertiary/aromatic N) is 6. The van der Waals surface area contributed by atoms with Gasteiger partial charge in [0.15, 0.2) is 0 Å². The highest BCUT2D eigenvalue weighted by Crippen LogP contribution is 2.25. The van der Waals surface area contributed by atoms with Gasteiger partial charge in [-0.25, -0.2) is 28.2 Å². The normalized spacial score (nSPS) is 13.4. The molecule has 0 bridgehead atoms. The van der Waals surface area contributed by atoms with Crippen molar-refractivity contribution in [1.29, 1.82) is 0 Å². The lowest BCUT2D eigenvalue weighted by Crippen LogP contribution is -2.35. The van der Waals surface area contributed by atoms with Crippen LogP contribution in [0, 0.1) is 0 Å². The van der Waals surface area contributed by atoms with Gasteiger partial charge in [0.05, 0.1) is 17.8 Å². The average molecular weight is 343 g/mol. The van der Waals surface area contributed by atoms with E-state index in [-0.39, 0.29) is 5.95 Å². The van der Waals surface area contributed by atoms with Crippen molar-refractivity contribution in [3.63, 3.8) is 0 Å². The van der Waals surface area contributed by atoms with E-state index in [1.165, 1.54) is 6.92 Å². The number of halogens is 2. The summed E-state index contributed by atoms with van der Waals surface area (Å²) in [6, 6.07) is 0.804. The van der Waals surface area contributed by atoms with Crippen LogP contribution in [0.2, 0.25) is 0 Å². The maximum absolute atomic E-state index is 13.3. The summed E-state index contributed by atoms with van der Waals surface area (Å²) in [7, 11) is 0. The van der Waals surface area contributed by atoms with Gasteiger partial charge in [-0.1, -0.05) is 0 Å². The van der Waals surface area contributed by atoms with E-state index < -0.39 is 12.0 Å². The van der Waals surface area contributed by atoms with Gasteiger partial charge in [-0.3, -0.25) is 4.40 Å². The zero-order valence-electron chi connectivity index (χ0n) is 13.6. The van der Waals surface area contributed by atoms with E-state index in [1.54, 1.807) is 29.3 Å². The standard InChI is InChI=1S/C16H15F2N7/c1-10(16(2,17)18)22-14-20-8-13-12(3-5-25(13)23-14)11-7-21-15-19-4-6-24(15)9-11/h3-10H,1-2H3,(H,22,23)/t10-/m1/s1. The third-order valence-corrected chi connectivity index (χ3v) is 4.08. The molecule has 128 valence electrons. The Hall–Kier alpha value is -3.10. The molecular weight excluding hydrogens is 328 g/mol. The fourth-order valence-electron chi connectivity index (χ4n) is 2.49. The van der Waals surface area contributed by atoms with Crippen molar-refractivity contribution in [2.24, 2.45) is 0 Å². The number of hydrogen-bond acceptors (Lipinski definition) is 5. The minimum atomic E-state index is -2.87. The lowest BCUT2D eigenvalue weighted by molar-refractivity contribution is 0.00673. The fourth-order valence-corrected chi connectivity index (χ4v) is 2.49. The zero-order chi connectivity index (χ0) is 17.6. The minimum Gasteiger partial charge on any atom is -0.344 e. The zero-order valence-corrected chi connectivity index (χ0v) is 13.6. The second-order valence-electron chi connectivity index (χ2n) is 5.94. The van der Waals surface area contributed by atoms with Crippen LogP contribution in [0.1, 0.15) is 13.8 Å². The number of aromatic nitrogens is 6. The van der Waals surface area contributed by atoms with Gasteiger partial charge >= 0.3 is 0 Å². The number of alkyl halides is 2. The molecular formula is C16H15F2N7. The van der Waals surface area contributed by atoms with Gasteiger partial charge in [0.1, 0.15) is 0 Å². The summed E-state index contributed by atoms with van der Waals surface area (Å²) in [4.78, 5) is 12.6. The summed E-state index contributed by atoms with van der Waals surface area (Å²) < 4.78 is 30.0. The van der Waals surface area contributed by atoms with Gasteiger partial charge in [0.25, 0.3) is 5.92 Å². The fraction of sp³-hybridized carbons (Fsp3) is 0.250. The Morgan fingerprint density at radius 1 is 1.16 bits per heavy atom. The third kappa shape index (κ3) is 2.77. The highest BCUT2D eigenvalue weighted by Gasteiger charge is 2.30. The topological polar surface area (TPSA) is 72.4 Å². The molecule has 0 aliphatic heterocycles. The Balaban J connectivity index is 1.70. The summed E-state index contributed by atoms with van der Waals surface area (Å²) >= 11 is 0. The lowest BCUT2D eigenvalue weighted by Gasteiger charge is -2.20. The van der Waals surface area contributed by atoms with Crippen LogP contribution in [-0.4, -0.2) is 40.9 Å². The first kappa shape index (κ1) is 15.4. The molecule has 25 heavy (non-hydrogen) atoms. The maximum Gasteiger partial charge on any atom is 0.264 e. The Bertz CT molecular complexity index is 1050. The van der Waals surface area contributed by atoms with Crippen LogP contribution < -0.4 is 5.32 Å². The smallest absolute Gasteiger partial charge is 0.264 e. The van der Waals surface area contributed by atoms with Crippen LogP contribution in [0.4, 0.5) is 14.7 Å². The molecule has 0 fully saturated rings. The van der Waals surface area contributed by atoms with E-state index in [0.29, 0.717) is 5.78 Å². The van der Waals surface area contributed by atoms with E-state index >= 15 is 0 Å². The second-order valence-corrected chi connectivity index (χ2v) is 5.94. The van der Waals surface area contributed by atoms with Gasteiger partial charge in [0.2, 0.25) is 11.7 Å². The van der Waals surface area contributed by atoms with Crippen molar-refractivity contribution in [2.45, 2.75) is 25.8 Å².